The van der Waals surface area contributed by atoms with Crippen LogP contribution in [0.1, 0.15) is 80.0 Å². The van der Waals surface area contributed by atoms with E-state index < -0.39 is 0 Å². The van der Waals surface area contributed by atoms with Crippen molar-refractivity contribution in [1.82, 2.24) is 10.5 Å². The molecule has 122 valence electrons. The van der Waals surface area contributed by atoms with Crippen molar-refractivity contribution in [2.24, 2.45) is 11.7 Å². The minimum absolute atomic E-state index is 0.0813. The Labute approximate surface area is 132 Å². The largest absolute Gasteiger partial charge is 0.360 e. The zero-order valence-corrected chi connectivity index (χ0v) is 13.2. The average Bonchev–Trinajstić information content (AvgIpc) is 3.26. The minimum atomic E-state index is -0.0813. The van der Waals surface area contributed by atoms with E-state index in [-0.39, 0.29) is 5.91 Å². The summed E-state index contributed by atoms with van der Waals surface area (Å²) in [7, 11) is 0. The van der Waals surface area contributed by atoms with Gasteiger partial charge in [0.15, 0.2) is 5.69 Å². The smallest absolute Gasteiger partial charge is 0.273 e. The number of carbonyl (C=O) groups excluding carboxylic acids is 1. The minimum Gasteiger partial charge on any atom is -0.360 e. The van der Waals surface area contributed by atoms with Crippen LogP contribution in [0.5, 0.6) is 0 Å². The van der Waals surface area contributed by atoms with Crippen LogP contribution in [-0.4, -0.2) is 23.7 Å². The normalized spacial score (nSPS) is 25.1. The van der Waals surface area contributed by atoms with Crippen LogP contribution in [0.25, 0.3) is 0 Å². The van der Waals surface area contributed by atoms with Gasteiger partial charge in [0.2, 0.25) is 0 Å². The fourth-order valence-corrected chi connectivity index (χ4v) is 3.39. The van der Waals surface area contributed by atoms with Crippen LogP contribution in [0.4, 0.5) is 0 Å². The Balaban J connectivity index is 1.40. The molecule has 2 fully saturated rings. The molecule has 0 aromatic carbocycles. The first kappa shape index (κ1) is 15.5. The molecule has 0 spiro atoms. The van der Waals surface area contributed by atoms with Crippen molar-refractivity contribution in [2.45, 2.75) is 69.7 Å². The number of unbranched alkanes of at least 4 members (excludes halogenated alkanes) is 1. The summed E-state index contributed by atoms with van der Waals surface area (Å²) >= 11 is 0. The Bertz CT molecular complexity index is 488. The van der Waals surface area contributed by atoms with Crippen LogP contribution in [0, 0.1) is 5.92 Å². The highest BCUT2D eigenvalue weighted by molar-refractivity contribution is 5.92. The molecular weight excluding hydrogens is 278 g/mol. The van der Waals surface area contributed by atoms with Crippen molar-refractivity contribution in [2.75, 3.05) is 6.54 Å². The standard InChI is InChI=1S/C17H27N3O2/c18-10-2-1-3-12-4-8-14(9-5-12)19-17(21)15-11-16(22-20-15)13-6-7-13/h11-14H,1-10,18H2,(H,19,21). The lowest BCUT2D eigenvalue weighted by molar-refractivity contribution is 0.0911. The third-order valence-corrected chi connectivity index (χ3v) is 4.99. The second kappa shape index (κ2) is 7.27. The molecule has 0 unspecified atom stereocenters. The number of rotatable bonds is 7. The molecule has 2 saturated carbocycles. The molecular formula is C17H27N3O2. The molecule has 3 rings (SSSR count). The number of nitrogens with one attached hydrogen (secondary N) is 1. The summed E-state index contributed by atoms with van der Waals surface area (Å²) in [4.78, 5) is 12.2. The van der Waals surface area contributed by atoms with E-state index in [1.807, 2.05) is 6.07 Å². The predicted octanol–water partition coefficient (Wildman–Crippen LogP) is 2.97. The molecule has 0 atom stereocenters. The molecule has 0 aliphatic heterocycles. The van der Waals surface area contributed by atoms with Crippen molar-refractivity contribution in [3.63, 3.8) is 0 Å². The van der Waals surface area contributed by atoms with Crippen LogP contribution in [-0.2, 0) is 0 Å². The molecule has 1 amide bonds. The maximum absolute atomic E-state index is 12.2. The Hall–Kier alpha value is -1.36. The topological polar surface area (TPSA) is 81.1 Å². The third kappa shape index (κ3) is 4.09. The summed E-state index contributed by atoms with van der Waals surface area (Å²) in [6.45, 7) is 0.798. The maximum Gasteiger partial charge on any atom is 0.273 e. The molecule has 22 heavy (non-hydrogen) atoms. The molecule has 0 saturated heterocycles. The van der Waals surface area contributed by atoms with Gasteiger partial charge in [-0.25, -0.2) is 0 Å². The van der Waals surface area contributed by atoms with Crippen molar-refractivity contribution in [3.05, 3.63) is 17.5 Å². The zero-order chi connectivity index (χ0) is 15.4. The molecule has 1 aromatic heterocycles. The van der Waals surface area contributed by atoms with Crippen molar-refractivity contribution in [3.8, 4) is 0 Å². The van der Waals surface area contributed by atoms with Gasteiger partial charge in [0.05, 0.1) is 0 Å². The lowest BCUT2D eigenvalue weighted by atomic mass is 9.83. The summed E-state index contributed by atoms with van der Waals surface area (Å²) in [6.07, 6.45) is 10.5. The summed E-state index contributed by atoms with van der Waals surface area (Å²) < 4.78 is 5.25. The average molecular weight is 305 g/mol. The first-order chi connectivity index (χ1) is 10.8. The molecule has 2 aliphatic rings. The van der Waals surface area contributed by atoms with E-state index in [1.54, 1.807) is 0 Å². The highest BCUT2D eigenvalue weighted by atomic mass is 16.5. The van der Waals surface area contributed by atoms with Crippen molar-refractivity contribution < 1.29 is 9.32 Å². The molecule has 2 aliphatic carbocycles. The summed E-state index contributed by atoms with van der Waals surface area (Å²) in [5, 5.41) is 7.02. The van der Waals surface area contributed by atoms with E-state index in [0.29, 0.717) is 17.7 Å². The molecule has 0 bridgehead atoms. The lowest BCUT2D eigenvalue weighted by Gasteiger charge is -2.28. The molecule has 5 heteroatoms. The van der Waals surface area contributed by atoms with Gasteiger partial charge in [-0.3, -0.25) is 4.79 Å². The highest BCUT2D eigenvalue weighted by Crippen LogP contribution is 2.40. The highest BCUT2D eigenvalue weighted by Gasteiger charge is 2.29. The Morgan fingerprint density at radius 2 is 2.00 bits per heavy atom. The van der Waals surface area contributed by atoms with Gasteiger partial charge in [0.25, 0.3) is 5.91 Å². The second-order valence-corrected chi connectivity index (χ2v) is 6.86. The Kier molecular flexibility index (Phi) is 5.13. The van der Waals surface area contributed by atoms with Gasteiger partial charge in [0.1, 0.15) is 5.76 Å². The monoisotopic (exact) mass is 305 g/mol. The van der Waals surface area contributed by atoms with Crippen LogP contribution < -0.4 is 11.1 Å². The van der Waals surface area contributed by atoms with Crippen LogP contribution in [0.15, 0.2) is 10.6 Å². The fourth-order valence-electron chi connectivity index (χ4n) is 3.39. The van der Waals surface area contributed by atoms with E-state index in [2.05, 4.69) is 10.5 Å². The Morgan fingerprint density at radius 3 is 2.68 bits per heavy atom. The van der Waals surface area contributed by atoms with E-state index in [9.17, 15) is 4.79 Å². The first-order valence-electron chi connectivity index (χ1n) is 8.74. The predicted molar refractivity (Wildman–Crippen MR) is 84.6 cm³/mol. The number of amides is 1. The van der Waals surface area contributed by atoms with Gasteiger partial charge >= 0.3 is 0 Å². The number of hydrogen-bond donors (Lipinski definition) is 2. The van der Waals surface area contributed by atoms with Gasteiger partial charge in [-0.05, 0) is 57.4 Å². The lowest BCUT2D eigenvalue weighted by Crippen LogP contribution is -2.37. The number of hydrogen-bond acceptors (Lipinski definition) is 4. The van der Waals surface area contributed by atoms with Gasteiger partial charge in [-0.1, -0.05) is 18.0 Å². The SMILES string of the molecule is NCCCCC1CCC(NC(=O)c2cc(C3CC3)on2)CC1. The number of carbonyl (C=O) groups is 1. The number of nitrogens with zero attached hydrogens (tertiary/aromatic N) is 1. The van der Waals surface area contributed by atoms with Crippen LogP contribution in [0.3, 0.4) is 0 Å². The van der Waals surface area contributed by atoms with Crippen LogP contribution >= 0.6 is 0 Å². The molecule has 3 N–H and O–H groups in total. The molecule has 1 heterocycles. The Morgan fingerprint density at radius 1 is 1.23 bits per heavy atom. The van der Waals surface area contributed by atoms with E-state index >= 15 is 0 Å². The van der Waals surface area contributed by atoms with Gasteiger partial charge in [-0.2, -0.15) is 0 Å². The summed E-state index contributed by atoms with van der Waals surface area (Å²) in [5.41, 5.74) is 5.98. The van der Waals surface area contributed by atoms with Gasteiger partial charge in [-0.15, -0.1) is 0 Å². The zero-order valence-electron chi connectivity index (χ0n) is 13.2. The van der Waals surface area contributed by atoms with Crippen molar-refractivity contribution >= 4 is 5.91 Å². The van der Waals surface area contributed by atoms with E-state index in [0.717, 1.165) is 50.3 Å². The number of nitrogens with two attached hydrogens (primary N) is 1. The molecule has 5 nitrogen and oxygen atoms in total. The van der Waals surface area contributed by atoms with Gasteiger partial charge < -0.3 is 15.6 Å². The maximum atomic E-state index is 12.2. The third-order valence-electron chi connectivity index (χ3n) is 4.99. The first-order valence-corrected chi connectivity index (χ1v) is 8.74. The van der Waals surface area contributed by atoms with Gasteiger partial charge in [0, 0.05) is 18.0 Å². The second-order valence-electron chi connectivity index (χ2n) is 6.86. The number of aromatic nitrogens is 1. The molecule has 1 aromatic rings. The van der Waals surface area contributed by atoms with Crippen LogP contribution in [0.2, 0.25) is 0 Å². The summed E-state index contributed by atoms with van der Waals surface area (Å²) in [5.74, 6) is 2.10. The van der Waals surface area contributed by atoms with E-state index in [1.165, 1.54) is 25.7 Å². The fraction of sp³-hybridized carbons (Fsp3) is 0.765. The molecule has 0 radical (unpaired) electrons. The summed E-state index contributed by atoms with van der Waals surface area (Å²) in [6, 6.07) is 2.10. The van der Waals surface area contributed by atoms with E-state index in [4.69, 9.17) is 10.3 Å². The quantitative estimate of drug-likeness (QED) is 0.759. The van der Waals surface area contributed by atoms with Crippen molar-refractivity contribution in [1.29, 1.82) is 0 Å².